The van der Waals surface area contributed by atoms with Crippen molar-refractivity contribution >= 4 is 28.4 Å². The summed E-state index contributed by atoms with van der Waals surface area (Å²) in [5.74, 6) is 1.13. The molecule has 1 aromatic heterocycles. The van der Waals surface area contributed by atoms with Crippen molar-refractivity contribution in [3.05, 3.63) is 39.6 Å². The molecule has 0 saturated carbocycles. The number of hydrogen-bond acceptors (Lipinski definition) is 4. The molecule has 0 aliphatic rings. The van der Waals surface area contributed by atoms with Gasteiger partial charge in [0.2, 0.25) is 0 Å². The molecule has 0 saturated heterocycles. The molecule has 0 aliphatic heterocycles. The van der Waals surface area contributed by atoms with Gasteiger partial charge >= 0.3 is 6.18 Å². The SMILES string of the molecule is CCSC[C@@](C)(O)c1cc2cc([N+](=O)[O-])c(C(F)(F)F)cc2[nH]1. The zero-order valence-electron chi connectivity index (χ0n) is 12.4. The highest BCUT2D eigenvalue weighted by Crippen LogP contribution is 2.39. The maximum Gasteiger partial charge on any atom is 0.423 e. The van der Waals surface area contributed by atoms with Gasteiger partial charge in [0.25, 0.3) is 5.69 Å². The van der Waals surface area contributed by atoms with E-state index in [4.69, 9.17) is 0 Å². The van der Waals surface area contributed by atoms with Gasteiger partial charge in [-0.25, -0.2) is 0 Å². The smallest absolute Gasteiger partial charge is 0.383 e. The van der Waals surface area contributed by atoms with Crippen LogP contribution in [0.3, 0.4) is 0 Å². The van der Waals surface area contributed by atoms with E-state index in [-0.39, 0.29) is 10.9 Å². The number of benzene rings is 1. The van der Waals surface area contributed by atoms with Gasteiger partial charge in [0.15, 0.2) is 0 Å². The van der Waals surface area contributed by atoms with E-state index in [0.717, 1.165) is 11.8 Å². The number of nitro benzene ring substituents is 1. The number of rotatable bonds is 5. The lowest BCUT2D eigenvalue weighted by Gasteiger charge is -2.21. The Hall–Kier alpha value is -1.74. The van der Waals surface area contributed by atoms with Gasteiger partial charge in [-0.1, -0.05) is 6.92 Å². The van der Waals surface area contributed by atoms with Crippen LogP contribution in [-0.4, -0.2) is 26.5 Å². The number of fused-ring (bicyclic) bond motifs is 1. The monoisotopic (exact) mass is 348 g/mol. The summed E-state index contributed by atoms with van der Waals surface area (Å²) in [5, 5.41) is 21.6. The predicted molar refractivity (Wildman–Crippen MR) is 82.5 cm³/mol. The van der Waals surface area contributed by atoms with Crippen molar-refractivity contribution in [2.24, 2.45) is 0 Å². The third kappa shape index (κ3) is 3.61. The van der Waals surface area contributed by atoms with Gasteiger partial charge in [-0.2, -0.15) is 24.9 Å². The topological polar surface area (TPSA) is 79.2 Å². The minimum Gasteiger partial charge on any atom is -0.383 e. The van der Waals surface area contributed by atoms with Crippen LogP contribution in [0.5, 0.6) is 0 Å². The predicted octanol–water partition coefficient (Wildman–Crippen LogP) is 4.06. The summed E-state index contributed by atoms with van der Waals surface area (Å²) in [6.07, 6.45) is -4.83. The van der Waals surface area contributed by atoms with Crippen LogP contribution >= 0.6 is 11.8 Å². The molecule has 0 amide bonds. The second-order valence-electron chi connectivity index (χ2n) is 5.31. The molecule has 2 rings (SSSR count). The van der Waals surface area contributed by atoms with Crippen molar-refractivity contribution in [1.82, 2.24) is 4.98 Å². The summed E-state index contributed by atoms with van der Waals surface area (Å²) in [5.41, 5.74) is -3.17. The largest absolute Gasteiger partial charge is 0.423 e. The van der Waals surface area contributed by atoms with Crippen LogP contribution in [0.15, 0.2) is 18.2 Å². The fourth-order valence-electron chi connectivity index (χ4n) is 2.22. The molecule has 1 heterocycles. The average Bonchev–Trinajstić information content (AvgIpc) is 2.86. The normalized spacial score (nSPS) is 14.9. The molecule has 126 valence electrons. The number of thioether (sulfide) groups is 1. The Morgan fingerprint density at radius 2 is 2.00 bits per heavy atom. The molecule has 23 heavy (non-hydrogen) atoms. The van der Waals surface area contributed by atoms with Gasteiger partial charge in [0.1, 0.15) is 11.2 Å². The summed E-state index contributed by atoms with van der Waals surface area (Å²) in [6, 6.07) is 3.03. The molecule has 0 unspecified atom stereocenters. The van der Waals surface area contributed by atoms with Crippen molar-refractivity contribution in [1.29, 1.82) is 0 Å². The molecule has 5 nitrogen and oxygen atoms in total. The second-order valence-corrected chi connectivity index (χ2v) is 6.58. The van der Waals surface area contributed by atoms with Gasteiger partial charge in [-0.3, -0.25) is 10.1 Å². The Kier molecular flexibility index (Phi) is 4.63. The number of hydrogen-bond donors (Lipinski definition) is 2. The van der Waals surface area contributed by atoms with Crippen LogP contribution in [0.1, 0.15) is 25.1 Å². The highest BCUT2D eigenvalue weighted by atomic mass is 32.2. The summed E-state index contributed by atoms with van der Waals surface area (Å²) >= 11 is 1.48. The molecule has 1 aromatic carbocycles. The van der Waals surface area contributed by atoms with Crippen molar-refractivity contribution in [2.75, 3.05) is 11.5 Å². The maximum absolute atomic E-state index is 13.0. The van der Waals surface area contributed by atoms with Crippen LogP contribution in [-0.2, 0) is 11.8 Å². The quantitative estimate of drug-likeness (QED) is 0.631. The van der Waals surface area contributed by atoms with E-state index in [0.29, 0.717) is 17.5 Å². The molecule has 1 atom stereocenters. The van der Waals surface area contributed by atoms with Crippen LogP contribution in [0.25, 0.3) is 10.9 Å². The fourth-order valence-corrected chi connectivity index (χ4v) is 2.97. The van der Waals surface area contributed by atoms with Crippen LogP contribution < -0.4 is 0 Å². The molecule has 0 spiro atoms. The summed E-state index contributed by atoms with van der Waals surface area (Å²) in [6.45, 7) is 3.46. The number of nitrogens with one attached hydrogen (secondary N) is 1. The molecule has 0 bridgehead atoms. The van der Waals surface area contributed by atoms with Crippen LogP contribution in [0.4, 0.5) is 18.9 Å². The highest BCUT2D eigenvalue weighted by molar-refractivity contribution is 7.99. The van der Waals surface area contributed by atoms with Crippen molar-refractivity contribution in [3.63, 3.8) is 0 Å². The highest BCUT2D eigenvalue weighted by Gasteiger charge is 2.39. The van der Waals surface area contributed by atoms with Gasteiger partial charge in [0, 0.05) is 28.4 Å². The number of nitro groups is 1. The minimum atomic E-state index is -4.83. The van der Waals surface area contributed by atoms with E-state index in [1.54, 1.807) is 6.92 Å². The van der Waals surface area contributed by atoms with E-state index in [1.807, 2.05) is 6.92 Å². The number of aromatic nitrogens is 1. The Labute approximate surface area is 134 Å². The maximum atomic E-state index is 13.0. The summed E-state index contributed by atoms with van der Waals surface area (Å²) < 4.78 is 38.9. The molecule has 0 aliphatic carbocycles. The average molecular weight is 348 g/mol. The third-order valence-electron chi connectivity index (χ3n) is 3.41. The Morgan fingerprint density at radius 3 is 2.52 bits per heavy atom. The number of alkyl halides is 3. The number of halogens is 3. The van der Waals surface area contributed by atoms with E-state index < -0.39 is 28.0 Å². The third-order valence-corrected chi connectivity index (χ3v) is 4.58. The first-order valence-electron chi connectivity index (χ1n) is 6.75. The molecule has 2 N–H and O–H groups in total. The minimum absolute atomic E-state index is 0.0969. The standard InChI is InChI=1S/C14H15F3N2O3S/c1-3-23-7-13(2,20)12-5-8-4-11(19(21)22)9(14(15,16)17)6-10(8)18-12/h4-6,18,20H,3,7H2,1-2H3/t13-/m1/s1. The van der Waals surface area contributed by atoms with E-state index in [2.05, 4.69) is 4.98 Å². The number of nitrogens with zero attached hydrogens (tertiary/aromatic N) is 1. The molecule has 2 aromatic rings. The van der Waals surface area contributed by atoms with Crippen LogP contribution in [0.2, 0.25) is 0 Å². The van der Waals surface area contributed by atoms with Gasteiger partial charge in [0.05, 0.1) is 4.92 Å². The van der Waals surface area contributed by atoms with Gasteiger partial charge in [-0.15, -0.1) is 0 Å². The van der Waals surface area contributed by atoms with Crippen LogP contribution in [0, 0.1) is 10.1 Å². The zero-order valence-corrected chi connectivity index (χ0v) is 13.2. The Bertz CT molecular complexity index is 741. The molecule has 0 radical (unpaired) electrons. The second kappa shape index (κ2) is 6.04. The van der Waals surface area contributed by atoms with Gasteiger partial charge in [-0.05, 0) is 24.8 Å². The zero-order chi connectivity index (χ0) is 17.4. The number of aromatic amines is 1. The first-order chi connectivity index (χ1) is 10.6. The Balaban J connectivity index is 2.58. The lowest BCUT2D eigenvalue weighted by Crippen LogP contribution is -2.24. The van der Waals surface area contributed by atoms with Crippen molar-refractivity contribution in [2.45, 2.75) is 25.6 Å². The van der Waals surface area contributed by atoms with Crippen molar-refractivity contribution < 1.29 is 23.2 Å². The summed E-state index contributed by atoms with van der Waals surface area (Å²) in [4.78, 5) is 12.6. The molecule has 9 heteroatoms. The first-order valence-corrected chi connectivity index (χ1v) is 7.90. The fraction of sp³-hybridized carbons (Fsp3) is 0.429. The first kappa shape index (κ1) is 17.6. The lowest BCUT2D eigenvalue weighted by molar-refractivity contribution is -0.387. The van der Waals surface area contributed by atoms with E-state index in [9.17, 15) is 28.4 Å². The molecule has 0 fully saturated rings. The summed E-state index contributed by atoms with van der Waals surface area (Å²) in [7, 11) is 0. The van der Waals surface area contributed by atoms with Gasteiger partial charge < -0.3 is 10.1 Å². The Morgan fingerprint density at radius 1 is 1.35 bits per heavy atom. The molecular formula is C14H15F3N2O3S. The van der Waals surface area contributed by atoms with E-state index >= 15 is 0 Å². The van der Waals surface area contributed by atoms with Crippen molar-refractivity contribution in [3.8, 4) is 0 Å². The van der Waals surface area contributed by atoms with E-state index in [1.165, 1.54) is 17.8 Å². The number of aliphatic hydroxyl groups is 1. The lowest BCUT2D eigenvalue weighted by atomic mass is 10.1. The number of H-pyrrole nitrogens is 1. The molecular weight excluding hydrogens is 333 g/mol.